The quantitative estimate of drug-likeness (QED) is 0.606. The van der Waals surface area contributed by atoms with Gasteiger partial charge in [-0.2, -0.15) is 0 Å². The van der Waals surface area contributed by atoms with Gasteiger partial charge in [0.25, 0.3) is 5.69 Å². The summed E-state index contributed by atoms with van der Waals surface area (Å²) in [6.45, 7) is 6.88. The van der Waals surface area contributed by atoms with Crippen molar-refractivity contribution >= 4 is 32.5 Å². The Bertz CT molecular complexity index is 883. The molecular weight excluding hydrogens is 362 g/mol. The highest BCUT2D eigenvalue weighted by Crippen LogP contribution is 2.28. The fraction of sp³-hybridized carbons (Fsp3) is 0.438. The van der Waals surface area contributed by atoms with Crippen molar-refractivity contribution in [2.45, 2.75) is 37.5 Å². The first-order chi connectivity index (χ1) is 11.5. The summed E-state index contributed by atoms with van der Waals surface area (Å²) in [6.07, 6.45) is 1.64. The van der Waals surface area contributed by atoms with Crippen molar-refractivity contribution in [1.29, 1.82) is 0 Å². The third-order valence-electron chi connectivity index (χ3n) is 3.46. The molecule has 0 atom stereocenters. The van der Waals surface area contributed by atoms with Crippen molar-refractivity contribution < 1.29 is 13.3 Å². The molecule has 1 N–H and O–H groups in total. The molecule has 2 rings (SSSR count). The van der Waals surface area contributed by atoms with Gasteiger partial charge in [-0.1, -0.05) is 20.8 Å². The maximum Gasteiger partial charge on any atom is 0.288 e. The van der Waals surface area contributed by atoms with Crippen LogP contribution in [0.25, 0.3) is 0 Å². The number of rotatable bonds is 6. The third kappa shape index (κ3) is 4.99. The van der Waals surface area contributed by atoms with Crippen molar-refractivity contribution in [2.24, 2.45) is 0 Å². The Kier molecular flexibility index (Phi) is 5.48. The average Bonchev–Trinajstić information content (AvgIpc) is 2.95. The first kappa shape index (κ1) is 19.3. The Morgan fingerprint density at radius 1 is 1.32 bits per heavy atom. The summed E-state index contributed by atoms with van der Waals surface area (Å²) < 4.78 is 23.5. The van der Waals surface area contributed by atoms with Crippen LogP contribution in [0.15, 0.2) is 28.5 Å². The minimum Gasteiger partial charge on any atom is -0.385 e. The standard InChI is InChI=1S/C16H21N3O4S2/c1-16(2,3)15-18-12(10-24-15)7-8-17-11-5-6-13(19(20)21)14(9-11)25(4,22)23/h5-6,9-10,17H,7-8H2,1-4H3. The first-order valence-corrected chi connectivity index (χ1v) is 10.4. The first-order valence-electron chi connectivity index (χ1n) is 7.66. The number of nitro groups is 1. The molecule has 1 heterocycles. The molecule has 0 aliphatic heterocycles. The molecule has 1 aromatic heterocycles. The predicted molar refractivity (Wildman–Crippen MR) is 99.2 cm³/mol. The molecule has 0 saturated heterocycles. The molecule has 25 heavy (non-hydrogen) atoms. The Morgan fingerprint density at radius 3 is 2.52 bits per heavy atom. The van der Waals surface area contributed by atoms with Crippen LogP contribution in [0.3, 0.4) is 0 Å². The Hall–Kier alpha value is -2.00. The van der Waals surface area contributed by atoms with Crippen LogP contribution in [0.4, 0.5) is 11.4 Å². The highest BCUT2D eigenvalue weighted by molar-refractivity contribution is 7.90. The van der Waals surface area contributed by atoms with Gasteiger partial charge >= 0.3 is 0 Å². The fourth-order valence-corrected chi connectivity index (χ4v) is 3.98. The number of nitrogens with zero attached hydrogens (tertiary/aromatic N) is 2. The monoisotopic (exact) mass is 383 g/mol. The van der Waals surface area contributed by atoms with Crippen LogP contribution in [-0.2, 0) is 21.7 Å². The van der Waals surface area contributed by atoms with Crippen molar-refractivity contribution in [3.63, 3.8) is 0 Å². The van der Waals surface area contributed by atoms with E-state index < -0.39 is 20.4 Å². The van der Waals surface area contributed by atoms with Gasteiger partial charge in [-0.3, -0.25) is 10.1 Å². The lowest BCUT2D eigenvalue weighted by Crippen LogP contribution is -2.11. The van der Waals surface area contributed by atoms with Gasteiger partial charge < -0.3 is 5.32 Å². The van der Waals surface area contributed by atoms with Gasteiger partial charge in [0.15, 0.2) is 9.84 Å². The van der Waals surface area contributed by atoms with Gasteiger partial charge in [0.05, 0.1) is 15.6 Å². The maximum absolute atomic E-state index is 11.8. The van der Waals surface area contributed by atoms with Gasteiger partial charge in [0, 0.05) is 41.8 Å². The molecule has 0 radical (unpaired) electrons. The van der Waals surface area contributed by atoms with Gasteiger partial charge in [-0.15, -0.1) is 11.3 Å². The highest BCUT2D eigenvalue weighted by atomic mass is 32.2. The molecule has 2 aromatic rings. The second-order valence-corrected chi connectivity index (χ2v) is 9.62. The van der Waals surface area contributed by atoms with Crippen LogP contribution >= 0.6 is 11.3 Å². The lowest BCUT2D eigenvalue weighted by atomic mass is 9.98. The van der Waals surface area contributed by atoms with Crippen molar-refractivity contribution in [2.75, 3.05) is 18.1 Å². The zero-order chi connectivity index (χ0) is 18.8. The van der Waals surface area contributed by atoms with E-state index >= 15 is 0 Å². The molecule has 0 unspecified atom stereocenters. The molecule has 1 aromatic carbocycles. The van der Waals surface area contributed by atoms with Gasteiger partial charge in [-0.25, -0.2) is 13.4 Å². The molecule has 136 valence electrons. The van der Waals surface area contributed by atoms with Crippen LogP contribution in [0, 0.1) is 10.1 Å². The second kappa shape index (κ2) is 7.09. The average molecular weight is 383 g/mol. The lowest BCUT2D eigenvalue weighted by molar-refractivity contribution is -0.387. The summed E-state index contributed by atoms with van der Waals surface area (Å²) in [4.78, 5) is 14.6. The molecule has 0 amide bonds. The van der Waals surface area contributed by atoms with Crippen molar-refractivity contribution in [3.05, 3.63) is 44.4 Å². The van der Waals surface area contributed by atoms with E-state index in [2.05, 4.69) is 31.1 Å². The van der Waals surface area contributed by atoms with E-state index in [1.165, 1.54) is 18.2 Å². The minimum absolute atomic E-state index is 0.0130. The number of sulfone groups is 1. The van der Waals surface area contributed by atoms with Crippen LogP contribution in [0.5, 0.6) is 0 Å². The van der Waals surface area contributed by atoms with Crippen LogP contribution in [0.2, 0.25) is 0 Å². The predicted octanol–water partition coefficient (Wildman–Crippen LogP) is 3.41. The Balaban J connectivity index is 2.09. The van der Waals surface area contributed by atoms with E-state index in [1.807, 2.05) is 5.38 Å². The number of hydrogen-bond donors (Lipinski definition) is 1. The Morgan fingerprint density at radius 2 is 2.00 bits per heavy atom. The van der Waals surface area contributed by atoms with E-state index in [9.17, 15) is 18.5 Å². The van der Waals surface area contributed by atoms with Gasteiger partial charge in [0.1, 0.15) is 4.90 Å². The van der Waals surface area contributed by atoms with Crippen molar-refractivity contribution in [3.8, 4) is 0 Å². The topological polar surface area (TPSA) is 102 Å². The normalized spacial score (nSPS) is 12.2. The number of anilines is 1. The molecule has 0 bridgehead atoms. The number of aromatic nitrogens is 1. The summed E-state index contributed by atoms with van der Waals surface area (Å²) in [5, 5.41) is 17.2. The number of thiazole rings is 1. The fourth-order valence-electron chi connectivity index (χ4n) is 2.17. The van der Waals surface area contributed by atoms with E-state index in [4.69, 9.17) is 0 Å². The largest absolute Gasteiger partial charge is 0.385 e. The molecule has 0 aliphatic carbocycles. The molecule has 9 heteroatoms. The maximum atomic E-state index is 11.8. The molecular formula is C16H21N3O4S2. The summed E-state index contributed by atoms with van der Waals surface area (Å²) in [7, 11) is -3.68. The smallest absolute Gasteiger partial charge is 0.288 e. The number of hydrogen-bond acceptors (Lipinski definition) is 7. The molecule has 0 fully saturated rings. The summed E-state index contributed by atoms with van der Waals surface area (Å²) in [5.74, 6) is 0. The molecule has 0 spiro atoms. The summed E-state index contributed by atoms with van der Waals surface area (Å²) >= 11 is 1.62. The van der Waals surface area contributed by atoms with Crippen LogP contribution < -0.4 is 5.32 Å². The number of benzene rings is 1. The highest BCUT2D eigenvalue weighted by Gasteiger charge is 2.22. The number of nitro benzene ring substituents is 1. The Labute approximate surface area is 151 Å². The minimum atomic E-state index is -3.68. The summed E-state index contributed by atoms with van der Waals surface area (Å²) in [5.41, 5.74) is 1.09. The summed E-state index contributed by atoms with van der Waals surface area (Å²) in [6, 6.07) is 4.02. The molecule has 0 aliphatic rings. The van der Waals surface area contributed by atoms with Crippen molar-refractivity contribution in [1.82, 2.24) is 4.98 Å². The van der Waals surface area contributed by atoms with Gasteiger partial charge in [-0.05, 0) is 12.1 Å². The van der Waals surface area contributed by atoms with Gasteiger partial charge in [0.2, 0.25) is 0 Å². The second-order valence-electron chi connectivity index (χ2n) is 6.78. The molecule has 7 nitrogen and oxygen atoms in total. The van der Waals surface area contributed by atoms with Crippen LogP contribution in [0.1, 0.15) is 31.5 Å². The zero-order valence-corrected chi connectivity index (χ0v) is 16.2. The number of nitrogens with one attached hydrogen (secondary N) is 1. The van der Waals surface area contributed by atoms with E-state index in [-0.39, 0.29) is 10.3 Å². The molecule has 0 saturated carbocycles. The van der Waals surface area contributed by atoms with Crippen LogP contribution in [-0.4, -0.2) is 31.1 Å². The zero-order valence-electron chi connectivity index (χ0n) is 14.6. The van der Waals surface area contributed by atoms with E-state index in [1.54, 1.807) is 11.3 Å². The lowest BCUT2D eigenvalue weighted by Gasteiger charge is -2.13. The van der Waals surface area contributed by atoms with E-state index in [0.717, 1.165) is 17.0 Å². The SMILES string of the molecule is CC(C)(C)c1nc(CCNc2ccc([N+](=O)[O-])c(S(C)(=O)=O)c2)cs1. The third-order valence-corrected chi connectivity index (χ3v) is 5.90. The van der Waals surface area contributed by atoms with E-state index in [0.29, 0.717) is 18.7 Å².